The van der Waals surface area contributed by atoms with Crippen molar-refractivity contribution >= 4 is 62.6 Å². The molecule has 11 nitrogen and oxygen atoms in total. The van der Waals surface area contributed by atoms with Crippen LogP contribution in [0.2, 0.25) is 10.0 Å². The number of halogens is 2. The summed E-state index contributed by atoms with van der Waals surface area (Å²) < 4.78 is 17.8. The molecule has 0 bridgehead atoms. The molecule has 1 aliphatic rings. The molecule has 1 fully saturated rings. The van der Waals surface area contributed by atoms with Gasteiger partial charge in [-0.05, 0) is 93.6 Å². The number of nitrogens with zero attached hydrogens (tertiary/aromatic N) is 6. The molecule has 0 atom stereocenters. The third-order valence-corrected chi connectivity index (χ3v) is 12.0. The minimum absolute atomic E-state index is 0.100. The van der Waals surface area contributed by atoms with Gasteiger partial charge in [0.15, 0.2) is 0 Å². The summed E-state index contributed by atoms with van der Waals surface area (Å²) in [6.45, 7) is 12.4. The summed E-state index contributed by atoms with van der Waals surface area (Å²) in [5, 5.41) is 17.8. The number of hydrogen-bond donors (Lipinski definition) is 1. The van der Waals surface area contributed by atoms with Gasteiger partial charge in [-0.25, -0.2) is 4.79 Å². The van der Waals surface area contributed by atoms with Crippen LogP contribution in [-0.4, -0.2) is 87.3 Å². The van der Waals surface area contributed by atoms with Gasteiger partial charge < -0.3 is 28.6 Å². The van der Waals surface area contributed by atoms with E-state index in [2.05, 4.69) is 9.47 Å². The van der Waals surface area contributed by atoms with Gasteiger partial charge in [-0.3, -0.25) is 14.4 Å². The van der Waals surface area contributed by atoms with Gasteiger partial charge in [0.25, 0.3) is 5.91 Å². The van der Waals surface area contributed by atoms with Gasteiger partial charge in [0.1, 0.15) is 11.4 Å². The highest BCUT2D eigenvalue weighted by atomic mass is 35.5. The molecule has 6 aromatic rings. The van der Waals surface area contributed by atoms with E-state index in [0.717, 1.165) is 79.4 Å². The summed E-state index contributed by atoms with van der Waals surface area (Å²) in [6, 6.07) is 13.0. The lowest BCUT2D eigenvalue weighted by atomic mass is 9.98. The number of amides is 1. The number of ether oxygens (including phenoxy) is 2. The van der Waals surface area contributed by atoms with Crippen LogP contribution in [0.5, 0.6) is 5.75 Å². The minimum atomic E-state index is -1.07. The first-order chi connectivity index (χ1) is 26.8. The van der Waals surface area contributed by atoms with Gasteiger partial charge in [-0.2, -0.15) is 5.10 Å². The zero-order valence-corrected chi connectivity index (χ0v) is 34.5. The second-order valence-electron chi connectivity index (χ2n) is 14.8. The molecule has 7 rings (SSSR count). The Labute approximate surface area is 336 Å². The minimum Gasteiger partial charge on any atom is -0.494 e. The van der Waals surface area contributed by atoms with Crippen molar-refractivity contribution in [3.05, 3.63) is 98.0 Å². The molecule has 1 N–H and O–H groups in total. The molecule has 3 aromatic heterocycles. The van der Waals surface area contributed by atoms with E-state index < -0.39 is 5.97 Å². The monoisotopic (exact) mass is 798 g/mol. The van der Waals surface area contributed by atoms with Crippen LogP contribution >= 0.6 is 23.2 Å². The molecular formula is C43H48Cl2N6O5. The number of carbonyl (C=O) groups is 2. The van der Waals surface area contributed by atoms with Crippen molar-refractivity contribution in [2.75, 3.05) is 51.4 Å². The average Bonchev–Trinajstić information content (AvgIpc) is 3.79. The van der Waals surface area contributed by atoms with E-state index in [4.69, 9.17) is 37.8 Å². The molecule has 1 saturated heterocycles. The van der Waals surface area contributed by atoms with Crippen molar-refractivity contribution in [2.45, 2.75) is 47.1 Å². The number of carboxylic acids is 1. The summed E-state index contributed by atoms with van der Waals surface area (Å²) in [5.41, 5.74) is 9.07. The second-order valence-corrected chi connectivity index (χ2v) is 15.6. The zero-order chi connectivity index (χ0) is 40.0. The summed E-state index contributed by atoms with van der Waals surface area (Å²) in [5.74, 6) is -0.573. The molecule has 3 aromatic carbocycles. The number of carbonyl (C=O) groups excluding carboxylic acids is 1. The van der Waals surface area contributed by atoms with Crippen LogP contribution in [0.3, 0.4) is 0 Å². The third-order valence-electron chi connectivity index (χ3n) is 11.1. The van der Waals surface area contributed by atoms with Crippen LogP contribution in [0.4, 0.5) is 5.69 Å². The average molecular weight is 800 g/mol. The Balaban J connectivity index is 1.41. The van der Waals surface area contributed by atoms with E-state index in [1.807, 2.05) is 87.6 Å². The number of aromatic nitrogens is 4. The number of rotatable bonds is 12. The third kappa shape index (κ3) is 7.29. The SMILES string of the molecule is Cc1cc(OCCCc2c(C(=O)N(C)c3cc(C(=O)O)cc4c3ccn4C)n(CCN3CCOCC3)c3c(-c4c(C)nn(C)c4C)c(Cl)ccc23)cc(C)c1Cl. The maximum absolute atomic E-state index is 15.4. The van der Waals surface area contributed by atoms with Crippen LogP contribution in [0, 0.1) is 27.7 Å². The summed E-state index contributed by atoms with van der Waals surface area (Å²) in [6.07, 6.45) is 3.02. The molecule has 0 spiro atoms. The lowest BCUT2D eigenvalue weighted by Gasteiger charge is -2.28. The van der Waals surface area contributed by atoms with E-state index in [9.17, 15) is 9.90 Å². The molecular weight excluding hydrogens is 751 g/mol. The first-order valence-electron chi connectivity index (χ1n) is 18.9. The maximum Gasteiger partial charge on any atom is 0.335 e. The van der Waals surface area contributed by atoms with Crippen molar-refractivity contribution in [1.29, 1.82) is 0 Å². The fourth-order valence-corrected chi connectivity index (χ4v) is 8.46. The zero-order valence-electron chi connectivity index (χ0n) is 33.0. The van der Waals surface area contributed by atoms with E-state index in [0.29, 0.717) is 67.7 Å². The Bertz CT molecular complexity index is 2470. The molecule has 56 heavy (non-hydrogen) atoms. The normalized spacial score (nSPS) is 13.6. The van der Waals surface area contributed by atoms with E-state index >= 15 is 4.79 Å². The summed E-state index contributed by atoms with van der Waals surface area (Å²) >= 11 is 13.6. The molecule has 0 aliphatic carbocycles. The molecule has 1 aliphatic heterocycles. The van der Waals surface area contributed by atoms with E-state index in [1.54, 1.807) is 24.1 Å². The number of benzene rings is 3. The Hall–Kier alpha value is -4.81. The fraction of sp³-hybridized carbons (Fsp3) is 0.372. The maximum atomic E-state index is 15.4. The quantitative estimate of drug-likeness (QED) is 0.124. The molecule has 0 unspecified atom stereocenters. The smallest absolute Gasteiger partial charge is 0.335 e. The lowest BCUT2D eigenvalue weighted by molar-refractivity contribution is 0.0364. The van der Waals surface area contributed by atoms with Crippen molar-refractivity contribution in [2.24, 2.45) is 14.1 Å². The molecule has 294 valence electrons. The Morgan fingerprint density at radius 2 is 1.66 bits per heavy atom. The van der Waals surface area contributed by atoms with Crippen LogP contribution in [0.1, 0.15) is 55.3 Å². The summed E-state index contributed by atoms with van der Waals surface area (Å²) in [7, 11) is 5.51. The Morgan fingerprint density at radius 1 is 0.946 bits per heavy atom. The summed E-state index contributed by atoms with van der Waals surface area (Å²) in [4.78, 5) is 31.7. The molecule has 0 saturated carbocycles. The highest BCUT2D eigenvalue weighted by Gasteiger charge is 2.31. The number of hydrogen-bond acceptors (Lipinski definition) is 6. The van der Waals surface area contributed by atoms with Gasteiger partial charge in [0, 0.05) is 86.1 Å². The van der Waals surface area contributed by atoms with Crippen LogP contribution < -0.4 is 9.64 Å². The fourth-order valence-electron chi connectivity index (χ4n) is 8.10. The van der Waals surface area contributed by atoms with Gasteiger partial charge in [-0.15, -0.1) is 0 Å². The topological polar surface area (TPSA) is 107 Å². The number of morpholine rings is 1. The number of anilines is 1. The van der Waals surface area contributed by atoms with Crippen molar-refractivity contribution < 1.29 is 24.2 Å². The van der Waals surface area contributed by atoms with Crippen LogP contribution in [-0.2, 0) is 31.8 Å². The Kier molecular flexibility index (Phi) is 11.2. The second kappa shape index (κ2) is 16.0. The molecule has 0 radical (unpaired) electrons. The molecule has 13 heteroatoms. The highest BCUT2D eigenvalue weighted by molar-refractivity contribution is 6.35. The first-order valence-corrected chi connectivity index (χ1v) is 19.7. The van der Waals surface area contributed by atoms with Gasteiger partial charge in [-0.1, -0.05) is 29.3 Å². The van der Waals surface area contributed by atoms with Crippen molar-refractivity contribution in [1.82, 2.24) is 23.8 Å². The predicted octanol–water partition coefficient (Wildman–Crippen LogP) is 8.39. The number of aromatic carboxylic acids is 1. The molecule has 1 amide bonds. The predicted molar refractivity (Wildman–Crippen MR) is 223 cm³/mol. The van der Waals surface area contributed by atoms with Gasteiger partial charge in [0.05, 0.1) is 52.8 Å². The highest BCUT2D eigenvalue weighted by Crippen LogP contribution is 2.43. The lowest BCUT2D eigenvalue weighted by Crippen LogP contribution is -2.38. The van der Waals surface area contributed by atoms with E-state index in [-0.39, 0.29) is 11.5 Å². The standard InChI is InChI=1S/C43H48Cl2N6O5/c1-25-21-30(22-26(2)39(25)45)56-18-8-9-31-32-10-11-34(44)38(37-27(3)46-49(7)28(37)4)40(32)51(15-14-50-16-19-55-20-17-50)41(31)42(52)48(6)36-24-29(43(53)54)23-35-33(36)12-13-47(35)5/h10-13,21-24H,8-9,14-20H2,1-7H3,(H,53,54). The van der Waals surface area contributed by atoms with Crippen molar-refractivity contribution in [3.8, 4) is 16.9 Å². The number of carboxylic acid groups (broad SMARTS) is 1. The number of aryl methyl sites for hydroxylation is 6. The van der Waals surface area contributed by atoms with Crippen molar-refractivity contribution in [3.63, 3.8) is 0 Å². The largest absolute Gasteiger partial charge is 0.494 e. The molecule has 4 heterocycles. The van der Waals surface area contributed by atoms with Gasteiger partial charge >= 0.3 is 5.97 Å². The van der Waals surface area contributed by atoms with Crippen LogP contribution in [0.15, 0.2) is 48.7 Å². The van der Waals surface area contributed by atoms with Crippen LogP contribution in [0.25, 0.3) is 32.9 Å². The first kappa shape index (κ1) is 39.4. The van der Waals surface area contributed by atoms with Gasteiger partial charge in [0.2, 0.25) is 0 Å². The number of fused-ring (bicyclic) bond motifs is 2. The van der Waals surface area contributed by atoms with E-state index in [1.165, 1.54) is 0 Å². The Morgan fingerprint density at radius 3 is 2.32 bits per heavy atom.